The normalized spacial score (nSPS) is 15.5. The summed E-state index contributed by atoms with van der Waals surface area (Å²) in [5.41, 5.74) is 8.08. The van der Waals surface area contributed by atoms with Crippen LogP contribution in [0.5, 0.6) is 0 Å². The molecule has 0 bridgehead atoms. The average molecular weight is 297 g/mol. The van der Waals surface area contributed by atoms with Gasteiger partial charge in [0.05, 0.1) is 0 Å². The molecule has 0 radical (unpaired) electrons. The molecule has 0 saturated heterocycles. The molecule has 0 atom stereocenters. The van der Waals surface area contributed by atoms with Gasteiger partial charge in [0.2, 0.25) is 0 Å². The summed E-state index contributed by atoms with van der Waals surface area (Å²) in [5, 5.41) is 0. The zero-order valence-corrected chi connectivity index (χ0v) is 12.0. The van der Waals surface area contributed by atoms with Gasteiger partial charge in [0, 0.05) is 23.2 Å². The molecule has 1 saturated carbocycles. The maximum atomic E-state index is 5.92. The summed E-state index contributed by atoms with van der Waals surface area (Å²) in [7, 11) is 0. The Morgan fingerprint density at radius 3 is 2.76 bits per heavy atom. The van der Waals surface area contributed by atoms with Gasteiger partial charge in [-0.05, 0) is 65.4 Å². The van der Waals surface area contributed by atoms with E-state index in [9.17, 15) is 0 Å². The second-order valence-corrected chi connectivity index (χ2v) is 5.89. The van der Waals surface area contributed by atoms with E-state index in [-0.39, 0.29) is 0 Å². The molecule has 17 heavy (non-hydrogen) atoms. The van der Waals surface area contributed by atoms with Gasteiger partial charge in [0.25, 0.3) is 0 Å². The Balaban J connectivity index is 1.97. The van der Waals surface area contributed by atoms with E-state index in [0.29, 0.717) is 0 Å². The monoisotopic (exact) mass is 296 g/mol. The van der Waals surface area contributed by atoms with Crippen LogP contribution in [0.15, 0.2) is 22.7 Å². The molecule has 3 heteroatoms. The van der Waals surface area contributed by atoms with Gasteiger partial charge in [0.15, 0.2) is 0 Å². The van der Waals surface area contributed by atoms with E-state index < -0.39 is 0 Å². The van der Waals surface area contributed by atoms with Crippen LogP contribution in [0.2, 0.25) is 0 Å². The smallest absolute Gasteiger partial charge is 0.0461 e. The van der Waals surface area contributed by atoms with E-state index in [2.05, 4.69) is 39.9 Å². The van der Waals surface area contributed by atoms with Crippen LogP contribution < -0.4 is 5.73 Å². The molecule has 0 unspecified atom stereocenters. The number of nitrogens with zero attached hydrogens (tertiary/aromatic N) is 1. The fourth-order valence-corrected chi connectivity index (χ4v) is 2.41. The Bertz CT molecular complexity index is 374. The standard InChI is InChI=1S/C14H21BrN2/c1-2-7-17(9-11-3-4-11)10-12-5-6-13(15)14(16)8-12/h5-6,8,11H,2-4,7,9-10,16H2,1H3. The molecule has 1 fully saturated rings. The highest BCUT2D eigenvalue weighted by Crippen LogP contribution is 2.30. The average Bonchev–Trinajstić information content (AvgIpc) is 3.08. The van der Waals surface area contributed by atoms with Gasteiger partial charge in [-0.2, -0.15) is 0 Å². The van der Waals surface area contributed by atoms with E-state index in [1.165, 1.54) is 37.9 Å². The predicted molar refractivity (Wildman–Crippen MR) is 76.8 cm³/mol. The second-order valence-electron chi connectivity index (χ2n) is 5.03. The summed E-state index contributed by atoms with van der Waals surface area (Å²) < 4.78 is 0.991. The molecule has 94 valence electrons. The lowest BCUT2D eigenvalue weighted by molar-refractivity contribution is 0.255. The Labute approximate surface area is 112 Å². The highest BCUT2D eigenvalue weighted by molar-refractivity contribution is 9.10. The molecule has 1 aromatic carbocycles. The molecule has 2 rings (SSSR count). The van der Waals surface area contributed by atoms with Crippen molar-refractivity contribution in [3.8, 4) is 0 Å². The molecule has 0 heterocycles. The molecule has 0 spiro atoms. The van der Waals surface area contributed by atoms with Crippen molar-refractivity contribution in [3.05, 3.63) is 28.2 Å². The molecule has 1 aliphatic rings. The molecule has 0 amide bonds. The summed E-state index contributed by atoms with van der Waals surface area (Å²) in [6.45, 7) is 5.72. The van der Waals surface area contributed by atoms with Crippen LogP contribution in [0.4, 0.5) is 5.69 Å². The highest BCUT2D eigenvalue weighted by Gasteiger charge is 2.23. The topological polar surface area (TPSA) is 29.3 Å². The first-order valence-electron chi connectivity index (χ1n) is 6.45. The lowest BCUT2D eigenvalue weighted by atomic mass is 10.2. The van der Waals surface area contributed by atoms with Crippen molar-refractivity contribution in [3.63, 3.8) is 0 Å². The number of hydrogen-bond donors (Lipinski definition) is 1. The van der Waals surface area contributed by atoms with E-state index in [0.717, 1.165) is 22.6 Å². The minimum atomic E-state index is 0.838. The van der Waals surface area contributed by atoms with E-state index >= 15 is 0 Å². The zero-order chi connectivity index (χ0) is 12.3. The minimum absolute atomic E-state index is 0.838. The van der Waals surface area contributed by atoms with E-state index in [4.69, 9.17) is 5.73 Å². The molecule has 1 aromatic rings. The third-order valence-corrected chi connectivity index (χ3v) is 3.94. The molecular weight excluding hydrogens is 276 g/mol. The van der Waals surface area contributed by atoms with Crippen molar-refractivity contribution < 1.29 is 0 Å². The van der Waals surface area contributed by atoms with Crippen LogP contribution in [-0.4, -0.2) is 18.0 Å². The van der Waals surface area contributed by atoms with Crippen LogP contribution >= 0.6 is 15.9 Å². The van der Waals surface area contributed by atoms with Gasteiger partial charge in [-0.3, -0.25) is 4.90 Å². The third-order valence-electron chi connectivity index (χ3n) is 3.22. The van der Waals surface area contributed by atoms with Crippen LogP contribution in [0.3, 0.4) is 0 Å². The van der Waals surface area contributed by atoms with Crippen LogP contribution in [0, 0.1) is 5.92 Å². The second kappa shape index (κ2) is 5.87. The minimum Gasteiger partial charge on any atom is -0.398 e. The number of anilines is 1. The lowest BCUT2D eigenvalue weighted by Crippen LogP contribution is -2.26. The lowest BCUT2D eigenvalue weighted by Gasteiger charge is -2.21. The Morgan fingerprint density at radius 2 is 2.18 bits per heavy atom. The Kier molecular flexibility index (Phi) is 4.46. The first kappa shape index (κ1) is 12.9. The first-order valence-corrected chi connectivity index (χ1v) is 7.24. The molecule has 0 aromatic heterocycles. The zero-order valence-electron chi connectivity index (χ0n) is 10.5. The van der Waals surface area contributed by atoms with Gasteiger partial charge >= 0.3 is 0 Å². The number of nitrogens with two attached hydrogens (primary N) is 1. The fraction of sp³-hybridized carbons (Fsp3) is 0.571. The highest BCUT2D eigenvalue weighted by atomic mass is 79.9. The number of rotatable bonds is 6. The Hall–Kier alpha value is -0.540. The van der Waals surface area contributed by atoms with Gasteiger partial charge in [-0.1, -0.05) is 13.0 Å². The molecule has 2 N–H and O–H groups in total. The van der Waals surface area contributed by atoms with Crippen molar-refractivity contribution in [2.45, 2.75) is 32.7 Å². The number of nitrogen functional groups attached to an aromatic ring is 1. The van der Waals surface area contributed by atoms with Crippen LogP contribution in [0.1, 0.15) is 31.7 Å². The predicted octanol–water partition coefficient (Wildman–Crippen LogP) is 3.65. The number of halogens is 1. The maximum absolute atomic E-state index is 5.92. The van der Waals surface area contributed by atoms with Crippen molar-refractivity contribution in [1.82, 2.24) is 4.90 Å². The van der Waals surface area contributed by atoms with E-state index in [1.807, 2.05) is 6.07 Å². The molecule has 1 aliphatic carbocycles. The van der Waals surface area contributed by atoms with Gasteiger partial charge in [0.1, 0.15) is 0 Å². The summed E-state index contributed by atoms with van der Waals surface area (Å²) in [5.74, 6) is 0.953. The van der Waals surface area contributed by atoms with Gasteiger partial charge < -0.3 is 5.73 Å². The largest absolute Gasteiger partial charge is 0.398 e. The maximum Gasteiger partial charge on any atom is 0.0461 e. The summed E-state index contributed by atoms with van der Waals surface area (Å²) >= 11 is 3.44. The van der Waals surface area contributed by atoms with Crippen molar-refractivity contribution >= 4 is 21.6 Å². The SMILES string of the molecule is CCCN(Cc1ccc(Br)c(N)c1)CC1CC1. The third kappa shape index (κ3) is 4.00. The fourth-order valence-electron chi connectivity index (χ4n) is 2.17. The molecular formula is C14H21BrN2. The van der Waals surface area contributed by atoms with Crippen molar-refractivity contribution in [1.29, 1.82) is 0 Å². The van der Waals surface area contributed by atoms with Crippen LogP contribution in [-0.2, 0) is 6.54 Å². The van der Waals surface area contributed by atoms with Crippen molar-refractivity contribution in [2.75, 3.05) is 18.8 Å². The van der Waals surface area contributed by atoms with Crippen LogP contribution in [0.25, 0.3) is 0 Å². The summed E-state index contributed by atoms with van der Waals surface area (Å²) in [6.07, 6.45) is 4.06. The summed E-state index contributed by atoms with van der Waals surface area (Å²) in [6, 6.07) is 6.29. The summed E-state index contributed by atoms with van der Waals surface area (Å²) in [4.78, 5) is 2.56. The van der Waals surface area contributed by atoms with Gasteiger partial charge in [-0.25, -0.2) is 0 Å². The van der Waals surface area contributed by atoms with E-state index in [1.54, 1.807) is 0 Å². The quantitative estimate of drug-likeness (QED) is 0.812. The molecule has 2 nitrogen and oxygen atoms in total. The molecule has 0 aliphatic heterocycles. The van der Waals surface area contributed by atoms with Crippen molar-refractivity contribution in [2.24, 2.45) is 5.92 Å². The van der Waals surface area contributed by atoms with Gasteiger partial charge in [-0.15, -0.1) is 0 Å². The number of hydrogen-bond acceptors (Lipinski definition) is 2. The first-order chi connectivity index (χ1) is 8.19. The Morgan fingerprint density at radius 1 is 1.41 bits per heavy atom. The number of benzene rings is 1.